The molecule has 1 aliphatic heterocycles. The molecule has 1 aliphatic rings. The van der Waals surface area contributed by atoms with Gasteiger partial charge in [-0.05, 0) is 42.6 Å². The molecule has 0 saturated carbocycles. The molecule has 1 heterocycles. The zero-order valence-corrected chi connectivity index (χ0v) is 9.00. The van der Waals surface area contributed by atoms with Crippen molar-refractivity contribution in [1.29, 1.82) is 0 Å². The Morgan fingerprint density at radius 2 is 2.20 bits per heavy atom. The number of rotatable bonds is 1. The minimum absolute atomic E-state index is 0.0376. The molecule has 0 saturated heterocycles. The van der Waals surface area contributed by atoms with Gasteiger partial charge >= 0.3 is 0 Å². The van der Waals surface area contributed by atoms with Crippen LogP contribution in [-0.4, -0.2) is 25.8 Å². The highest BCUT2D eigenvalue weighted by molar-refractivity contribution is 7.91. The van der Waals surface area contributed by atoms with Crippen LogP contribution in [0, 0.1) is 0 Å². The number of nitrogens with two attached hydrogens (primary N) is 1. The first-order chi connectivity index (χ1) is 7.04. The molecule has 0 amide bonds. The molecular formula is C10H13NO3S. The Balaban J connectivity index is 2.64. The molecule has 0 radical (unpaired) electrons. The minimum Gasteiger partial charge on any atom is -0.508 e. The normalized spacial score (nSPS) is 23.4. The van der Waals surface area contributed by atoms with Crippen LogP contribution < -0.4 is 5.73 Å². The van der Waals surface area contributed by atoms with E-state index in [2.05, 4.69) is 0 Å². The van der Waals surface area contributed by atoms with Crippen LogP contribution in [0.25, 0.3) is 0 Å². The fraction of sp³-hybridized carbons (Fsp3) is 0.400. The molecule has 3 N–H and O–H groups in total. The van der Waals surface area contributed by atoms with Crippen molar-refractivity contribution in [2.75, 3.05) is 12.3 Å². The van der Waals surface area contributed by atoms with Gasteiger partial charge in [0.1, 0.15) is 5.75 Å². The molecule has 5 heteroatoms. The average molecular weight is 227 g/mol. The summed E-state index contributed by atoms with van der Waals surface area (Å²) in [5.74, 6) is 0.270. The van der Waals surface area contributed by atoms with Gasteiger partial charge in [0, 0.05) is 0 Å². The van der Waals surface area contributed by atoms with Crippen LogP contribution in [0.3, 0.4) is 0 Å². The smallest absolute Gasteiger partial charge is 0.178 e. The first-order valence-electron chi connectivity index (χ1n) is 4.80. The van der Waals surface area contributed by atoms with E-state index in [0.29, 0.717) is 23.4 Å². The summed E-state index contributed by atoms with van der Waals surface area (Å²) < 4.78 is 23.4. The molecule has 82 valence electrons. The Morgan fingerprint density at radius 3 is 2.87 bits per heavy atom. The molecule has 4 nitrogen and oxygen atoms in total. The zero-order chi connectivity index (χ0) is 11.1. The molecule has 0 aliphatic carbocycles. The van der Waals surface area contributed by atoms with Crippen molar-refractivity contribution in [2.24, 2.45) is 5.73 Å². The Kier molecular flexibility index (Phi) is 2.44. The number of hydrogen-bond acceptors (Lipinski definition) is 4. The van der Waals surface area contributed by atoms with Gasteiger partial charge in [-0.25, -0.2) is 8.42 Å². The second-order valence-corrected chi connectivity index (χ2v) is 5.84. The van der Waals surface area contributed by atoms with Gasteiger partial charge in [-0.3, -0.25) is 0 Å². The zero-order valence-electron chi connectivity index (χ0n) is 8.18. The lowest BCUT2D eigenvalue weighted by Crippen LogP contribution is -2.24. The lowest BCUT2D eigenvalue weighted by atomic mass is 9.96. The van der Waals surface area contributed by atoms with Crippen LogP contribution >= 0.6 is 0 Å². The van der Waals surface area contributed by atoms with Crippen molar-refractivity contribution >= 4 is 9.84 Å². The van der Waals surface area contributed by atoms with Crippen LogP contribution in [0.1, 0.15) is 17.9 Å². The lowest BCUT2D eigenvalue weighted by molar-refractivity contribution is 0.471. The number of hydrogen-bond donors (Lipinski definition) is 2. The first-order valence-corrected chi connectivity index (χ1v) is 6.45. The molecule has 15 heavy (non-hydrogen) atoms. The SMILES string of the molecule is NCC1CCS(=O)(=O)c2ccc(O)cc21. The van der Waals surface area contributed by atoms with E-state index in [0.717, 1.165) is 0 Å². The van der Waals surface area contributed by atoms with E-state index in [1.54, 1.807) is 0 Å². The monoisotopic (exact) mass is 227 g/mol. The summed E-state index contributed by atoms with van der Waals surface area (Å²) >= 11 is 0. The van der Waals surface area contributed by atoms with Gasteiger partial charge in [0.15, 0.2) is 9.84 Å². The minimum atomic E-state index is -3.17. The summed E-state index contributed by atoms with van der Waals surface area (Å²) in [6.07, 6.45) is 0.537. The van der Waals surface area contributed by atoms with Crippen molar-refractivity contribution in [3.63, 3.8) is 0 Å². The van der Waals surface area contributed by atoms with Gasteiger partial charge in [0.05, 0.1) is 10.6 Å². The fourth-order valence-corrected chi connectivity index (χ4v) is 3.62. The highest BCUT2D eigenvalue weighted by atomic mass is 32.2. The van der Waals surface area contributed by atoms with E-state index in [4.69, 9.17) is 5.73 Å². The molecular weight excluding hydrogens is 214 g/mol. The molecule has 0 fully saturated rings. The van der Waals surface area contributed by atoms with E-state index in [1.165, 1.54) is 18.2 Å². The Bertz CT molecular complexity index is 481. The van der Waals surface area contributed by atoms with Gasteiger partial charge in [-0.1, -0.05) is 0 Å². The summed E-state index contributed by atoms with van der Waals surface area (Å²) in [5, 5.41) is 9.34. The number of benzene rings is 1. The predicted molar refractivity (Wildman–Crippen MR) is 56.6 cm³/mol. The summed E-state index contributed by atoms with van der Waals surface area (Å²) in [5.41, 5.74) is 6.24. The van der Waals surface area contributed by atoms with E-state index in [1.807, 2.05) is 0 Å². The van der Waals surface area contributed by atoms with E-state index < -0.39 is 9.84 Å². The third kappa shape index (κ3) is 1.72. The second kappa shape index (κ2) is 3.50. The average Bonchev–Trinajstić information content (AvgIpc) is 2.17. The van der Waals surface area contributed by atoms with Gasteiger partial charge in [-0.2, -0.15) is 0 Å². The highest BCUT2D eigenvalue weighted by Gasteiger charge is 2.29. The summed E-state index contributed by atoms with van der Waals surface area (Å²) in [6, 6.07) is 4.36. The number of aromatic hydroxyl groups is 1. The predicted octanol–water partition coefficient (Wildman–Crippen LogP) is 0.612. The highest BCUT2D eigenvalue weighted by Crippen LogP contribution is 2.34. The molecule has 2 rings (SSSR count). The van der Waals surface area contributed by atoms with Crippen LogP contribution in [-0.2, 0) is 9.84 Å². The molecule has 0 spiro atoms. The summed E-state index contributed by atoms with van der Waals surface area (Å²) in [6.45, 7) is 0.409. The van der Waals surface area contributed by atoms with Crippen LogP contribution in [0.15, 0.2) is 23.1 Å². The maximum atomic E-state index is 11.7. The maximum Gasteiger partial charge on any atom is 0.178 e. The Hall–Kier alpha value is -1.07. The maximum absolute atomic E-state index is 11.7. The molecule has 0 bridgehead atoms. The largest absolute Gasteiger partial charge is 0.508 e. The van der Waals surface area contributed by atoms with Crippen LogP contribution in [0.4, 0.5) is 0 Å². The molecule has 1 aromatic rings. The molecule has 1 aromatic carbocycles. The van der Waals surface area contributed by atoms with Gasteiger partial charge in [-0.15, -0.1) is 0 Å². The fourth-order valence-electron chi connectivity index (χ4n) is 1.95. The van der Waals surface area contributed by atoms with Crippen LogP contribution in [0.5, 0.6) is 5.75 Å². The number of phenolic OH excluding ortho intramolecular Hbond substituents is 1. The van der Waals surface area contributed by atoms with Crippen molar-refractivity contribution < 1.29 is 13.5 Å². The Labute approximate surface area is 88.6 Å². The third-order valence-corrected chi connectivity index (χ3v) is 4.60. The number of phenols is 1. The topological polar surface area (TPSA) is 80.4 Å². The van der Waals surface area contributed by atoms with Gasteiger partial charge in [0.2, 0.25) is 0 Å². The summed E-state index contributed by atoms with van der Waals surface area (Å²) in [4.78, 5) is 0.321. The van der Waals surface area contributed by atoms with Gasteiger partial charge in [0.25, 0.3) is 0 Å². The molecule has 1 atom stereocenters. The van der Waals surface area contributed by atoms with Crippen molar-refractivity contribution in [2.45, 2.75) is 17.2 Å². The standard InChI is InChI=1S/C10H13NO3S/c11-6-7-3-4-15(13,14)10-2-1-8(12)5-9(7)10/h1-2,5,7,12H,3-4,6,11H2. The third-order valence-electron chi connectivity index (χ3n) is 2.79. The number of sulfone groups is 1. The quantitative estimate of drug-likeness (QED) is 0.736. The Morgan fingerprint density at radius 1 is 1.47 bits per heavy atom. The van der Waals surface area contributed by atoms with E-state index in [9.17, 15) is 13.5 Å². The first kappa shape index (κ1) is 10.4. The molecule has 0 aromatic heterocycles. The van der Waals surface area contributed by atoms with Crippen molar-refractivity contribution in [1.82, 2.24) is 0 Å². The molecule has 1 unspecified atom stereocenters. The lowest BCUT2D eigenvalue weighted by Gasteiger charge is -2.24. The summed E-state index contributed by atoms with van der Waals surface area (Å²) in [7, 11) is -3.17. The van der Waals surface area contributed by atoms with Crippen molar-refractivity contribution in [3.05, 3.63) is 23.8 Å². The van der Waals surface area contributed by atoms with Crippen LogP contribution in [0.2, 0.25) is 0 Å². The van der Waals surface area contributed by atoms with Crippen molar-refractivity contribution in [3.8, 4) is 5.75 Å². The second-order valence-electron chi connectivity index (χ2n) is 3.76. The van der Waals surface area contributed by atoms with Gasteiger partial charge < -0.3 is 10.8 Å². The van der Waals surface area contributed by atoms with E-state index >= 15 is 0 Å². The van der Waals surface area contributed by atoms with E-state index in [-0.39, 0.29) is 17.4 Å². The number of fused-ring (bicyclic) bond motifs is 1.